The summed E-state index contributed by atoms with van der Waals surface area (Å²) in [7, 11) is 1.19. The molecule has 2 aliphatic rings. The second-order valence-electron chi connectivity index (χ2n) is 13.5. The summed E-state index contributed by atoms with van der Waals surface area (Å²) in [6, 6.07) is 22.1. The molecule has 0 bridgehead atoms. The van der Waals surface area contributed by atoms with Gasteiger partial charge in [-0.3, -0.25) is 19.2 Å². The number of amides is 2. The highest BCUT2D eigenvalue weighted by Crippen LogP contribution is 2.44. The van der Waals surface area contributed by atoms with Crippen molar-refractivity contribution in [1.82, 2.24) is 10.6 Å². The highest BCUT2D eigenvalue weighted by molar-refractivity contribution is 8.14. The molecule has 1 heterocycles. The van der Waals surface area contributed by atoms with Gasteiger partial charge in [-0.05, 0) is 27.8 Å². The van der Waals surface area contributed by atoms with Gasteiger partial charge in [-0.1, -0.05) is 84.0 Å². The number of nitrogens with one attached hydrogen (secondary N) is 2. The van der Waals surface area contributed by atoms with Crippen LogP contribution in [0.2, 0.25) is 0 Å². The van der Waals surface area contributed by atoms with Gasteiger partial charge in [0.1, 0.15) is 29.8 Å². The van der Waals surface area contributed by atoms with Crippen LogP contribution in [0.3, 0.4) is 0 Å². The molecule has 3 aromatic rings. The molecule has 5 rings (SSSR count). The fraction of sp³-hybridized carbons (Fsp3) is 0.390. The van der Waals surface area contributed by atoms with Crippen LogP contribution in [-0.2, 0) is 58.8 Å². The third kappa shape index (κ3) is 11.3. The summed E-state index contributed by atoms with van der Waals surface area (Å²) < 4.78 is 32.7. The number of hydrogen-bond donors (Lipinski definition) is 3. The number of alkyl carbamates (subject to hydrolysis) is 1. The van der Waals surface area contributed by atoms with Crippen LogP contribution in [0, 0.1) is 0 Å². The molecular formula is C41H45N3O13S. The average Bonchev–Trinajstić information content (AvgIpc) is 3.52. The molecule has 17 heteroatoms. The fourth-order valence-corrected chi connectivity index (χ4v) is 7.83. The quantitative estimate of drug-likeness (QED) is 0.0496. The van der Waals surface area contributed by atoms with E-state index in [0.29, 0.717) is 0 Å². The number of rotatable bonds is 15. The maximum atomic E-state index is 13.9. The van der Waals surface area contributed by atoms with Crippen LogP contribution in [0.25, 0.3) is 11.1 Å². The molecule has 6 atom stereocenters. The van der Waals surface area contributed by atoms with Crippen LogP contribution in [0.4, 0.5) is 4.79 Å². The lowest BCUT2D eigenvalue weighted by Gasteiger charge is -2.40. The molecule has 3 N–H and O–H groups in total. The van der Waals surface area contributed by atoms with Gasteiger partial charge in [-0.25, -0.2) is 9.59 Å². The lowest BCUT2D eigenvalue weighted by molar-refractivity contribution is -0.224. The van der Waals surface area contributed by atoms with E-state index in [0.717, 1.165) is 60.4 Å². The number of thioether (sulfide) groups is 1. The van der Waals surface area contributed by atoms with Crippen LogP contribution in [-0.4, -0.2) is 109 Å². The first-order valence-corrected chi connectivity index (χ1v) is 19.4. The van der Waals surface area contributed by atoms with E-state index in [1.165, 1.54) is 7.11 Å². The summed E-state index contributed by atoms with van der Waals surface area (Å²) in [5.74, 6) is -4.18. The van der Waals surface area contributed by atoms with E-state index in [9.17, 15) is 34.0 Å². The van der Waals surface area contributed by atoms with Crippen molar-refractivity contribution in [2.75, 3.05) is 26.1 Å². The highest BCUT2D eigenvalue weighted by atomic mass is 32.2. The Morgan fingerprint density at radius 3 is 1.97 bits per heavy atom. The number of hydrogen-bond acceptors (Lipinski definition) is 15. The largest absolute Gasteiger partial charge is 0.467 e. The summed E-state index contributed by atoms with van der Waals surface area (Å²) in [5, 5.41) is 18.7. The second kappa shape index (κ2) is 20.5. The molecule has 308 valence electrons. The van der Waals surface area contributed by atoms with Crippen LogP contribution < -0.4 is 10.6 Å². The van der Waals surface area contributed by atoms with Gasteiger partial charge < -0.3 is 44.3 Å². The molecular weight excluding hydrogens is 775 g/mol. The van der Waals surface area contributed by atoms with Crippen molar-refractivity contribution in [3.8, 4) is 11.1 Å². The molecule has 0 spiro atoms. The van der Waals surface area contributed by atoms with Crippen molar-refractivity contribution in [3.05, 3.63) is 95.6 Å². The number of fused-ring (bicyclic) bond motifs is 3. The molecule has 1 fully saturated rings. The van der Waals surface area contributed by atoms with E-state index in [4.69, 9.17) is 28.4 Å². The predicted octanol–water partition coefficient (Wildman–Crippen LogP) is 3.90. The van der Waals surface area contributed by atoms with Gasteiger partial charge in [0.2, 0.25) is 5.91 Å². The van der Waals surface area contributed by atoms with Crippen molar-refractivity contribution < 1.29 is 62.4 Å². The Balaban J connectivity index is 1.33. The summed E-state index contributed by atoms with van der Waals surface area (Å²) in [4.78, 5) is 76.3. The van der Waals surface area contributed by atoms with Gasteiger partial charge >= 0.3 is 30.0 Å². The van der Waals surface area contributed by atoms with Gasteiger partial charge in [-0.15, -0.1) is 11.8 Å². The summed E-state index contributed by atoms with van der Waals surface area (Å²) in [5.41, 5.74) is 4.77. The summed E-state index contributed by atoms with van der Waals surface area (Å²) >= 11 is 0.850. The average molecular weight is 820 g/mol. The molecule has 16 nitrogen and oxygen atoms in total. The van der Waals surface area contributed by atoms with Crippen LogP contribution in [0.15, 0.2) is 84.0 Å². The van der Waals surface area contributed by atoms with E-state index >= 15 is 0 Å². The lowest BCUT2D eigenvalue weighted by Crippen LogP contribution is -2.57. The van der Waals surface area contributed by atoms with Crippen molar-refractivity contribution in [3.63, 3.8) is 0 Å². The van der Waals surface area contributed by atoms with Crippen LogP contribution in [0.1, 0.15) is 49.8 Å². The minimum Gasteiger partial charge on any atom is -0.467 e. The standard InChI is InChI=1S/C41H45N3O13S/c1-23(45)55-35-21-53-34(37(56-24(2)46)38(35)57-25(3)47)19-36(44-51)58-22-33(39(48)42-32(40(49)52-4)18-26-12-6-5-7-13-26)43-41(50)54-20-31-29-16-10-8-14-27(29)28-15-9-11-17-30(28)31/h5-17,31-35,37-38,51H,18-22H2,1-4H3,(H,42,48)(H,43,50)/b44-36-/t32-,33-,34+,35+,37-,38-/m0/s1. The first-order chi connectivity index (χ1) is 27.9. The highest BCUT2D eigenvalue weighted by Gasteiger charge is 2.47. The molecule has 0 radical (unpaired) electrons. The maximum Gasteiger partial charge on any atom is 0.407 e. The monoisotopic (exact) mass is 819 g/mol. The smallest absolute Gasteiger partial charge is 0.407 e. The molecule has 1 saturated heterocycles. The molecule has 58 heavy (non-hydrogen) atoms. The van der Waals surface area contributed by atoms with Gasteiger partial charge in [-0.2, -0.15) is 0 Å². The van der Waals surface area contributed by atoms with E-state index in [1.54, 1.807) is 24.3 Å². The third-order valence-electron chi connectivity index (χ3n) is 9.39. The molecule has 3 aromatic carbocycles. The maximum absolute atomic E-state index is 13.9. The Kier molecular flexibility index (Phi) is 15.2. The SMILES string of the molecule is COC(=O)[C@H](Cc1ccccc1)NC(=O)[C@H](CS/C(C[C@H]1OC[C@@H](OC(C)=O)[C@H](OC(C)=O)[C@H]1OC(C)=O)=N\O)NC(=O)OCC1c2ccccc2-c2ccccc21. The third-order valence-corrected chi connectivity index (χ3v) is 10.5. The summed E-state index contributed by atoms with van der Waals surface area (Å²) in [6.07, 6.45) is -5.82. The Bertz CT molecular complexity index is 1950. The van der Waals surface area contributed by atoms with Gasteiger partial charge in [0.15, 0.2) is 18.3 Å². The van der Waals surface area contributed by atoms with E-state index in [2.05, 4.69) is 15.8 Å². The van der Waals surface area contributed by atoms with E-state index in [-0.39, 0.29) is 42.8 Å². The fourth-order valence-electron chi connectivity index (χ4n) is 6.89. The Morgan fingerprint density at radius 2 is 1.38 bits per heavy atom. The van der Waals surface area contributed by atoms with Gasteiger partial charge in [0, 0.05) is 45.3 Å². The Labute approximate surface area is 338 Å². The molecule has 0 aromatic heterocycles. The van der Waals surface area contributed by atoms with Crippen molar-refractivity contribution in [2.45, 2.75) is 76.0 Å². The molecule has 0 unspecified atom stereocenters. The number of carbonyl (C=O) groups excluding carboxylic acids is 6. The molecule has 2 amide bonds. The topological polar surface area (TPSA) is 214 Å². The zero-order chi connectivity index (χ0) is 41.8. The lowest BCUT2D eigenvalue weighted by atomic mass is 9.97. The first-order valence-electron chi connectivity index (χ1n) is 18.4. The van der Waals surface area contributed by atoms with Crippen LogP contribution in [0.5, 0.6) is 0 Å². The number of benzene rings is 3. The second-order valence-corrected chi connectivity index (χ2v) is 14.6. The van der Waals surface area contributed by atoms with E-state index in [1.807, 2.05) is 54.6 Å². The zero-order valence-corrected chi connectivity index (χ0v) is 33.1. The number of esters is 4. The number of ether oxygens (including phenoxy) is 6. The van der Waals surface area contributed by atoms with E-state index < -0.39 is 72.4 Å². The Hall–Kier alpha value is -5.94. The number of nitrogens with zero attached hydrogens (tertiary/aromatic N) is 1. The summed E-state index contributed by atoms with van der Waals surface area (Å²) in [6.45, 7) is 3.12. The zero-order valence-electron chi connectivity index (χ0n) is 32.3. The normalized spacial score (nSPS) is 19.6. The molecule has 0 saturated carbocycles. The first kappa shape index (κ1) is 43.2. The van der Waals surface area contributed by atoms with Gasteiger partial charge in [0.25, 0.3) is 0 Å². The number of oxime groups is 1. The van der Waals surface area contributed by atoms with Gasteiger partial charge in [0.05, 0.1) is 13.7 Å². The Morgan fingerprint density at radius 1 is 0.793 bits per heavy atom. The van der Waals surface area contributed by atoms with Crippen LogP contribution >= 0.6 is 11.8 Å². The number of carbonyl (C=O) groups is 6. The number of methoxy groups -OCH3 is 1. The minimum atomic E-state index is -1.36. The molecule has 1 aliphatic carbocycles. The predicted molar refractivity (Wildman–Crippen MR) is 209 cm³/mol. The van der Waals surface area contributed by atoms with Crippen molar-refractivity contribution >= 4 is 52.7 Å². The minimum absolute atomic E-state index is 0.0318. The molecule has 1 aliphatic heterocycles. The van der Waals surface area contributed by atoms with Crippen molar-refractivity contribution in [1.29, 1.82) is 0 Å². The van der Waals surface area contributed by atoms with Crippen molar-refractivity contribution in [2.24, 2.45) is 5.16 Å².